The molecule has 0 aliphatic rings. The van der Waals surface area contributed by atoms with Crippen LogP contribution in [0.4, 0.5) is 4.39 Å². The molecule has 3 heteroatoms. The second-order valence-electron chi connectivity index (χ2n) is 2.85. The molecule has 13 heavy (non-hydrogen) atoms. The van der Waals surface area contributed by atoms with Crippen LogP contribution in [-0.2, 0) is 7.05 Å². The number of rotatable bonds is 1. The largest absolute Gasteiger partial charge is 0.268 e. The van der Waals surface area contributed by atoms with Crippen molar-refractivity contribution in [2.75, 3.05) is 0 Å². The summed E-state index contributed by atoms with van der Waals surface area (Å²) in [7, 11) is 1.86. The van der Waals surface area contributed by atoms with Crippen molar-refractivity contribution in [3.05, 3.63) is 42.3 Å². The maximum atomic E-state index is 12.6. The molecule has 0 spiro atoms. The highest BCUT2D eigenvalue weighted by Gasteiger charge is 2.01. The lowest BCUT2D eigenvalue weighted by atomic mass is 10.1. The molecule has 0 N–H and O–H groups in total. The Bertz CT molecular complexity index is 403. The minimum atomic E-state index is -0.217. The van der Waals surface area contributed by atoms with Crippen LogP contribution in [0.15, 0.2) is 36.5 Å². The Labute approximate surface area is 75.6 Å². The molecule has 0 bridgehead atoms. The van der Waals surface area contributed by atoms with Crippen LogP contribution in [0.25, 0.3) is 11.3 Å². The van der Waals surface area contributed by atoms with E-state index in [0.29, 0.717) is 0 Å². The number of aromatic nitrogens is 2. The van der Waals surface area contributed by atoms with Crippen molar-refractivity contribution >= 4 is 0 Å². The van der Waals surface area contributed by atoms with Crippen LogP contribution in [-0.4, -0.2) is 9.78 Å². The van der Waals surface area contributed by atoms with Gasteiger partial charge in [-0.1, -0.05) is 0 Å². The van der Waals surface area contributed by atoms with Gasteiger partial charge in [0.2, 0.25) is 0 Å². The molecule has 2 nitrogen and oxygen atoms in total. The molecule has 0 saturated heterocycles. The summed E-state index contributed by atoms with van der Waals surface area (Å²) in [5.74, 6) is -0.217. The maximum absolute atomic E-state index is 12.6. The van der Waals surface area contributed by atoms with Crippen molar-refractivity contribution in [2.24, 2.45) is 7.05 Å². The molecule has 1 aromatic carbocycles. The normalized spacial score (nSPS) is 10.3. The quantitative estimate of drug-likeness (QED) is 0.651. The lowest BCUT2D eigenvalue weighted by Crippen LogP contribution is -1.92. The van der Waals surface area contributed by atoms with Gasteiger partial charge < -0.3 is 0 Å². The van der Waals surface area contributed by atoms with Crippen molar-refractivity contribution < 1.29 is 4.39 Å². The zero-order valence-corrected chi connectivity index (χ0v) is 7.24. The summed E-state index contributed by atoms with van der Waals surface area (Å²) in [6.45, 7) is 0. The van der Waals surface area contributed by atoms with Gasteiger partial charge >= 0.3 is 0 Å². The first kappa shape index (κ1) is 7.98. The van der Waals surface area contributed by atoms with E-state index in [1.807, 2.05) is 13.1 Å². The average molecular weight is 176 g/mol. The summed E-state index contributed by atoms with van der Waals surface area (Å²) in [5, 5.41) is 4.04. The van der Waals surface area contributed by atoms with Crippen LogP contribution < -0.4 is 0 Å². The highest BCUT2D eigenvalue weighted by atomic mass is 19.1. The molecule has 0 amide bonds. The first-order valence-corrected chi connectivity index (χ1v) is 4.01. The average Bonchev–Trinajstić information content (AvgIpc) is 2.53. The molecule has 1 heterocycles. The highest BCUT2D eigenvalue weighted by Crippen LogP contribution is 2.17. The lowest BCUT2D eigenvalue weighted by molar-refractivity contribution is 0.628. The van der Waals surface area contributed by atoms with Crippen LogP contribution in [0.1, 0.15) is 0 Å². The topological polar surface area (TPSA) is 17.8 Å². The summed E-state index contributed by atoms with van der Waals surface area (Å²) in [4.78, 5) is 0. The van der Waals surface area contributed by atoms with Gasteiger partial charge in [-0.15, -0.1) is 0 Å². The molecule has 0 fully saturated rings. The summed E-state index contributed by atoms with van der Waals surface area (Å²) in [6.07, 6.45) is 1.72. The monoisotopic (exact) mass is 176 g/mol. The van der Waals surface area contributed by atoms with E-state index >= 15 is 0 Å². The smallest absolute Gasteiger partial charge is 0.123 e. The number of nitrogens with zero attached hydrogens (tertiary/aromatic N) is 2. The van der Waals surface area contributed by atoms with E-state index in [9.17, 15) is 4.39 Å². The van der Waals surface area contributed by atoms with Gasteiger partial charge in [-0.05, 0) is 35.9 Å². The highest BCUT2D eigenvalue weighted by molar-refractivity contribution is 5.58. The third-order valence-corrected chi connectivity index (χ3v) is 1.96. The van der Waals surface area contributed by atoms with Gasteiger partial charge in [0.1, 0.15) is 5.82 Å². The predicted molar refractivity (Wildman–Crippen MR) is 48.6 cm³/mol. The van der Waals surface area contributed by atoms with E-state index < -0.39 is 0 Å². The van der Waals surface area contributed by atoms with Gasteiger partial charge in [-0.2, -0.15) is 5.10 Å². The molecule has 0 unspecified atom stereocenters. The molecule has 1 aromatic heterocycles. The van der Waals surface area contributed by atoms with Crippen molar-refractivity contribution in [1.82, 2.24) is 9.78 Å². The Morgan fingerprint density at radius 1 is 1.15 bits per heavy atom. The zero-order valence-electron chi connectivity index (χ0n) is 7.24. The van der Waals surface area contributed by atoms with Crippen LogP contribution in [0.5, 0.6) is 0 Å². The molecule has 0 saturated carbocycles. The molecular weight excluding hydrogens is 167 g/mol. The standard InChI is InChI=1S/C10H9FN2/c1-13-10(6-7-12-13)8-2-4-9(11)5-3-8/h2-7H,1H3. The second kappa shape index (κ2) is 3.01. The Hall–Kier alpha value is -1.64. The number of aryl methyl sites for hydroxylation is 1. The number of halogens is 1. The van der Waals surface area contributed by atoms with Gasteiger partial charge in [-0.3, -0.25) is 4.68 Å². The van der Waals surface area contributed by atoms with Gasteiger partial charge in [-0.25, -0.2) is 4.39 Å². The van der Waals surface area contributed by atoms with Gasteiger partial charge in [0.25, 0.3) is 0 Å². The van der Waals surface area contributed by atoms with Crippen molar-refractivity contribution in [3.8, 4) is 11.3 Å². The SMILES string of the molecule is Cn1nccc1-c1ccc(F)cc1. The minimum absolute atomic E-state index is 0.217. The van der Waals surface area contributed by atoms with E-state index in [0.717, 1.165) is 11.3 Å². The van der Waals surface area contributed by atoms with Crippen molar-refractivity contribution in [2.45, 2.75) is 0 Å². The maximum Gasteiger partial charge on any atom is 0.123 e. The first-order valence-electron chi connectivity index (χ1n) is 4.01. The third-order valence-electron chi connectivity index (χ3n) is 1.96. The van der Waals surface area contributed by atoms with Crippen molar-refractivity contribution in [3.63, 3.8) is 0 Å². The van der Waals surface area contributed by atoms with Gasteiger partial charge in [0.15, 0.2) is 0 Å². The fourth-order valence-corrected chi connectivity index (χ4v) is 1.28. The summed E-state index contributed by atoms with van der Waals surface area (Å²) in [6, 6.07) is 8.27. The Kier molecular flexibility index (Phi) is 1.85. The first-order chi connectivity index (χ1) is 6.27. The van der Waals surface area contributed by atoms with E-state index in [4.69, 9.17) is 0 Å². The van der Waals surface area contributed by atoms with Crippen molar-refractivity contribution in [1.29, 1.82) is 0 Å². The lowest BCUT2D eigenvalue weighted by Gasteiger charge is -2.00. The van der Waals surface area contributed by atoms with E-state index in [1.165, 1.54) is 12.1 Å². The van der Waals surface area contributed by atoms with Crippen LogP contribution in [0, 0.1) is 5.82 Å². The molecule has 2 rings (SSSR count). The second-order valence-corrected chi connectivity index (χ2v) is 2.85. The molecule has 0 radical (unpaired) electrons. The Morgan fingerprint density at radius 2 is 1.85 bits per heavy atom. The minimum Gasteiger partial charge on any atom is -0.268 e. The van der Waals surface area contributed by atoms with E-state index in [-0.39, 0.29) is 5.82 Å². The predicted octanol–water partition coefficient (Wildman–Crippen LogP) is 2.23. The van der Waals surface area contributed by atoms with Gasteiger partial charge in [0.05, 0.1) is 5.69 Å². The molecule has 0 atom stereocenters. The zero-order chi connectivity index (χ0) is 9.26. The molecular formula is C10H9FN2. The number of hydrogen-bond donors (Lipinski definition) is 0. The Morgan fingerprint density at radius 3 is 2.38 bits per heavy atom. The molecule has 0 aliphatic carbocycles. The van der Waals surface area contributed by atoms with Crippen LogP contribution >= 0.6 is 0 Å². The third kappa shape index (κ3) is 1.45. The summed E-state index contributed by atoms with van der Waals surface area (Å²) in [5.41, 5.74) is 1.96. The van der Waals surface area contributed by atoms with E-state index in [2.05, 4.69) is 5.10 Å². The fourth-order valence-electron chi connectivity index (χ4n) is 1.28. The summed E-state index contributed by atoms with van der Waals surface area (Å²) < 4.78 is 14.4. The van der Waals surface area contributed by atoms with Crippen LogP contribution in [0.3, 0.4) is 0 Å². The molecule has 0 aliphatic heterocycles. The fraction of sp³-hybridized carbons (Fsp3) is 0.100. The van der Waals surface area contributed by atoms with E-state index in [1.54, 1.807) is 23.0 Å². The molecule has 2 aromatic rings. The molecule has 66 valence electrons. The summed E-state index contributed by atoms with van der Waals surface area (Å²) >= 11 is 0. The number of benzene rings is 1. The van der Waals surface area contributed by atoms with Crippen LogP contribution in [0.2, 0.25) is 0 Å². The number of hydrogen-bond acceptors (Lipinski definition) is 1. The van der Waals surface area contributed by atoms with Gasteiger partial charge in [0, 0.05) is 13.2 Å². The Balaban J connectivity index is 2.47.